The molecule has 0 nitrogen and oxygen atoms in total. The van der Waals surface area contributed by atoms with Crippen LogP contribution in [-0.4, -0.2) is 0 Å². The van der Waals surface area contributed by atoms with E-state index in [2.05, 4.69) is 40.7 Å². The smallest absolute Gasteiger partial charge is 0.0396 e. The zero-order chi connectivity index (χ0) is 7.44. The van der Waals surface area contributed by atoms with Gasteiger partial charge in [0.2, 0.25) is 0 Å². The summed E-state index contributed by atoms with van der Waals surface area (Å²) in [6.07, 6.45) is 2.14. The summed E-state index contributed by atoms with van der Waals surface area (Å²) in [5, 5.41) is 0. The summed E-state index contributed by atoms with van der Waals surface area (Å²) in [6, 6.07) is 0. The molecule has 0 unspecified atom stereocenters. The molecule has 0 atom stereocenters. The summed E-state index contributed by atoms with van der Waals surface area (Å²) < 4.78 is 0. The third-order valence-electron chi connectivity index (χ3n) is 1.77. The van der Waals surface area contributed by atoms with Crippen LogP contribution in [0, 0.1) is 0 Å². The van der Waals surface area contributed by atoms with Crippen molar-refractivity contribution in [2.75, 3.05) is 0 Å². The second kappa shape index (κ2) is 3.49. The molecule has 0 spiro atoms. The predicted octanol–water partition coefficient (Wildman–Crippen LogP) is 3.31. The van der Waals surface area contributed by atoms with Gasteiger partial charge in [-0.15, -0.1) is 0 Å². The lowest BCUT2D eigenvalue weighted by molar-refractivity contribution is 1.22. The van der Waals surface area contributed by atoms with Crippen LogP contribution in [0.15, 0.2) is 22.8 Å². The van der Waals surface area contributed by atoms with Crippen molar-refractivity contribution in [2.24, 2.45) is 0 Å². The number of hydrogen-bond acceptors (Lipinski definition) is 0. The quantitative estimate of drug-likeness (QED) is 0.470. The molecule has 0 aliphatic heterocycles. The maximum atomic E-state index is 2.16. The molecule has 0 saturated carbocycles. The van der Waals surface area contributed by atoms with Gasteiger partial charge >= 0.3 is 0 Å². The highest BCUT2D eigenvalue weighted by Gasteiger charge is 1.91. The Morgan fingerprint density at radius 3 is 1.56 bits per heavy atom. The lowest BCUT2D eigenvalue weighted by Gasteiger charge is -2.01. The average Bonchev–Trinajstić information content (AvgIpc) is 1.84. The summed E-state index contributed by atoms with van der Waals surface area (Å²) in [5.41, 5.74) is 4.21. The molecule has 9 heavy (non-hydrogen) atoms. The van der Waals surface area contributed by atoms with Crippen LogP contribution in [0.1, 0.15) is 34.6 Å². The molecule has 0 radical (unpaired) electrons. The maximum Gasteiger partial charge on any atom is -0.0396 e. The molecule has 0 bridgehead atoms. The minimum atomic E-state index is 1.38. The predicted molar refractivity (Wildman–Crippen MR) is 43.5 cm³/mol. The number of rotatable bonds is 1. The third-order valence-corrected chi connectivity index (χ3v) is 1.77. The Bertz CT molecular complexity index is 143. The van der Waals surface area contributed by atoms with Crippen molar-refractivity contribution in [3.8, 4) is 0 Å². The highest BCUT2D eigenvalue weighted by atomic mass is 14.0. The van der Waals surface area contributed by atoms with Gasteiger partial charge in [0.15, 0.2) is 0 Å². The van der Waals surface area contributed by atoms with Gasteiger partial charge in [-0.05, 0) is 40.2 Å². The molecule has 0 amide bonds. The van der Waals surface area contributed by atoms with E-state index in [-0.39, 0.29) is 0 Å². The van der Waals surface area contributed by atoms with Crippen LogP contribution in [0.3, 0.4) is 0 Å². The highest BCUT2D eigenvalue weighted by molar-refractivity contribution is 5.29. The maximum absolute atomic E-state index is 2.16. The molecule has 0 rings (SSSR count). The van der Waals surface area contributed by atoms with E-state index in [1.807, 2.05) is 0 Å². The number of hydrogen-bond donors (Lipinski definition) is 0. The van der Waals surface area contributed by atoms with Crippen LogP contribution >= 0.6 is 0 Å². The molecular weight excluding hydrogens is 108 g/mol. The molecule has 0 aromatic carbocycles. The standard InChI is InChI=1S/C9H16/c1-6-8(4)9(5)7(2)3/h6H,1-5H3. The monoisotopic (exact) mass is 124 g/mol. The first-order valence-electron chi connectivity index (χ1n) is 3.37. The van der Waals surface area contributed by atoms with Crippen molar-refractivity contribution in [3.05, 3.63) is 22.8 Å². The van der Waals surface area contributed by atoms with Gasteiger partial charge in [0.05, 0.1) is 0 Å². The van der Waals surface area contributed by atoms with Crippen molar-refractivity contribution in [1.29, 1.82) is 0 Å². The van der Waals surface area contributed by atoms with Gasteiger partial charge < -0.3 is 0 Å². The van der Waals surface area contributed by atoms with Gasteiger partial charge in [-0.2, -0.15) is 0 Å². The first kappa shape index (κ1) is 8.48. The molecule has 0 fully saturated rings. The molecule has 0 aliphatic carbocycles. The van der Waals surface area contributed by atoms with Crippen LogP contribution in [0.5, 0.6) is 0 Å². The SMILES string of the molecule is CC=C(C)C(C)=C(C)C. The number of allylic oxidation sites excluding steroid dienone is 4. The van der Waals surface area contributed by atoms with Crippen LogP contribution < -0.4 is 0 Å². The Kier molecular flexibility index (Phi) is 3.29. The lowest BCUT2D eigenvalue weighted by atomic mass is 10.1. The summed E-state index contributed by atoms with van der Waals surface area (Å²) in [5.74, 6) is 0. The summed E-state index contributed by atoms with van der Waals surface area (Å²) in [7, 11) is 0. The van der Waals surface area contributed by atoms with E-state index in [1.165, 1.54) is 16.7 Å². The zero-order valence-electron chi connectivity index (χ0n) is 7.08. The summed E-state index contributed by atoms with van der Waals surface area (Å²) in [4.78, 5) is 0. The van der Waals surface area contributed by atoms with E-state index in [9.17, 15) is 0 Å². The second-order valence-electron chi connectivity index (χ2n) is 2.60. The molecule has 0 heterocycles. The van der Waals surface area contributed by atoms with Crippen molar-refractivity contribution in [1.82, 2.24) is 0 Å². The third kappa shape index (κ3) is 2.50. The summed E-state index contributed by atoms with van der Waals surface area (Å²) in [6.45, 7) is 10.7. The van der Waals surface area contributed by atoms with Gasteiger partial charge in [0.25, 0.3) is 0 Å². The molecule has 0 aromatic heterocycles. The van der Waals surface area contributed by atoms with Crippen LogP contribution in [0.25, 0.3) is 0 Å². The van der Waals surface area contributed by atoms with E-state index in [1.54, 1.807) is 0 Å². The van der Waals surface area contributed by atoms with Crippen LogP contribution in [0.2, 0.25) is 0 Å². The fourth-order valence-electron chi connectivity index (χ4n) is 0.611. The van der Waals surface area contributed by atoms with Crippen LogP contribution in [0.4, 0.5) is 0 Å². The van der Waals surface area contributed by atoms with E-state index in [0.29, 0.717) is 0 Å². The first-order chi connectivity index (χ1) is 4.09. The Balaban J connectivity index is 4.40. The first-order valence-corrected chi connectivity index (χ1v) is 3.37. The van der Waals surface area contributed by atoms with E-state index in [4.69, 9.17) is 0 Å². The van der Waals surface area contributed by atoms with Gasteiger partial charge in [0.1, 0.15) is 0 Å². The molecule has 0 heteroatoms. The van der Waals surface area contributed by atoms with E-state index < -0.39 is 0 Å². The minimum Gasteiger partial charge on any atom is -0.0845 e. The fraction of sp³-hybridized carbons (Fsp3) is 0.556. The Morgan fingerprint density at radius 2 is 1.44 bits per heavy atom. The molecular formula is C9H16. The topological polar surface area (TPSA) is 0 Å². The van der Waals surface area contributed by atoms with E-state index >= 15 is 0 Å². The molecule has 0 N–H and O–H groups in total. The van der Waals surface area contributed by atoms with Gasteiger partial charge in [0, 0.05) is 0 Å². The summed E-state index contributed by atoms with van der Waals surface area (Å²) >= 11 is 0. The Hall–Kier alpha value is -0.520. The van der Waals surface area contributed by atoms with Crippen molar-refractivity contribution in [3.63, 3.8) is 0 Å². The fourth-order valence-corrected chi connectivity index (χ4v) is 0.611. The van der Waals surface area contributed by atoms with Crippen LogP contribution in [-0.2, 0) is 0 Å². The van der Waals surface area contributed by atoms with Gasteiger partial charge in [-0.3, -0.25) is 0 Å². The Morgan fingerprint density at radius 1 is 1.00 bits per heavy atom. The largest absolute Gasteiger partial charge is 0.0845 e. The van der Waals surface area contributed by atoms with Crippen molar-refractivity contribution < 1.29 is 0 Å². The van der Waals surface area contributed by atoms with E-state index in [0.717, 1.165) is 0 Å². The minimum absolute atomic E-state index is 1.38. The second-order valence-corrected chi connectivity index (χ2v) is 2.60. The van der Waals surface area contributed by atoms with Crippen molar-refractivity contribution >= 4 is 0 Å². The van der Waals surface area contributed by atoms with Gasteiger partial charge in [-0.1, -0.05) is 17.2 Å². The average molecular weight is 124 g/mol. The highest BCUT2D eigenvalue weighted by Crippen LogP contribution is 2.11. The Labute approximate surface area is 58.3 Å². The molecule has 0 saturated heterocycles. The lowest BCUT2D eigenvalue weighted by Crippen LogP contribution is -1.80. The van der Waals surface area contributed by atoms with Gasteiger partial charge in [-0.25, -0.2) is 0 Å². The van der Waals surface area contributed by atoms with Crippen molar-refractivity contribution in [2.45, 2.75) is 34.6 Å². The zero-order valence-corrected chi connectivity index (χ0v) is 7.08. The molecule has 0 aromatic rings. The molecule has 0 aliphatic rings. The molecule has 52 valence electrons. The normalized spacial score (nSPS) is 11.4.